The standard InChI is InChI=1S/C9H16Si/c1-7-5-6-8(2)9(7)10(3)4/h5,10H,6H2,1-4H3. The molecule has 56 valence electrons. The van der Waals surface area contributed by atoms with E-state index in [1.807, 2.05) is 0 Å². The highest BCUT2D eigenvalue weighted by atomic mass is 28.3. The summed E-state index contributed by atoms with van der Waals surface area (Å²) in [4.78, 5) is 0. The molecule has 0 bridgehead atoms. The maximum Gasteiger partial charge on any atom is 0.0650 e. The SMILES string of the molecule is CC1=CCC(C)=C1[SiH](C)C. The van der Waals surface area contributed by atoms with Crippen molar-refractivity contribution in [2.24, 2.45) is 0 Å². The van der Waals surface area contributed by atoms with Gasteiger partial charge in [0.1, 0.15) is 0 Å². The van der Waals surface area contributed by atoms with Crippen molar-refractivity contribution in [2.45, 2.75) is 33.4 Å². The molecule has 0 atom stereocenters. The van der Waals surface area contributed by atoms with E-state index in [2.05, 4.69) is 33.0 Å². The van der Waals surface area contributed by atoms with Gasteiger partial charge in [-0.3, -0.25) is 0 Å². The highest BCUT2D eigenvalue weighted by Gasteiger charge is 2.13. The van der Waals surface area contributed by atoms with E-state index in [4.69, 9.17) is 0 Å². The molecule has 0 heterocycles. The van der Waals surface area contributed by atoms with E-state index < -0.39 is 8.80 Å². The zero-order chi connectivity index (χ0) is 7.72. The monoisotopic (exact) mass is 152 g/mol. The Kier molecular flexibility index (Phi) is 2.14. The molecule has 0 aromatic heterocycles. The van der Waals surface area contributed by atoms with Crippen molar-refractivity contribution in [1.82, 2.24) is 0 Å². The molecule has 1 rings (SSSR count). The maximum atomic E-state index is 2.40. The van der Waals surface area contributed by atoms with Crippen molar-refractivity contribution in [3.8, 4) is 0 Å². The van der Waals surface area contributed by atoms with Crippen LogP contribution in [0, 0.1) is 0 Å². The second-order valence-corrected chi connectivity index (χ2v) is 6.33. The third-order valence-electron chi connectivity index (χ3n) is 2.18. The zero-order valence-electron chi connectivity index (χ0n) is 7.36. The van der Waals surface area contributed by atoms with Crippen molar-refractivity contribution in [3.63, 3.8) is 0 Å². The summed E-state index contributed by atoms with van der Waals surface area (Å²) in [5, 5.41) is 1.72. The summed E-state index contributed by atoms with van der Waals surface area (Å²) in [7, 11) is -0.527. The fourth-order valence-corrected chi connectivity index (χ4v) is 3.94. The van der Waals surface area contributed by atoms with Crippen LogP contribution in [0.5, 0.6) is 0 Å². The molecule has 0 amide bonds. The topological polar surface area (TPSA) is 0 Å². The van der Waals surface area contributed by atoms with Crippen molar-refractivity contribution in [1.29, 1.82) is 0 Å². The first-order valence-electron chi connectivity index (χ1n) is 3.99. The van der Waals surface area contributed by atoms with Gasteiger partial charge in [0, 0.05) is 0 Å². The van der Waals surface area contributed by atoms with Gasteiger partial charge in [-0.15, -0.1) is 0 Å². The van der Waals surface area contributed by atoms with Gasteiger partial charge in [-0.1, -0.05) is 35.5 Å². The largest absolute Gasteiger partial charge is 0.0777 e. The Balaban J connectivity index is 2.90. The highest BCUT2D eigenvalue weighted by Crippen LogP contribution is 2.27. The van der Waals surface area contributed by atoms with Crippen LogP contribution >= 0.6 is 0 Å². The van der Waals surface area contributed by atoms with Gasteiger partial charge < -0.3 is 0 Å². The lowest BCUT2D eigenvalue weighted by Crippen LogP contribution is -2.06. The zero-order valence-corrected chi connectivity index (χ0v) is 8.52. The lowest BCUT2D eigenvalue weighted by molar-refractivity contribution is 1.24. The third-order valence-corrected chi connectivity index (χ3v) is 4.28. The molecule has 10 heavy (non-hydrogen) atoms. The van der Waals surface area contributed by atoms with Crippen LogP contribution in [-0.4, -0.2) is 8.80 Å². The minimum Gasteiger partial charge on any atom is -0.0777 e. The number of rotatable bonds is 1. The summed E-state index contributed by atoms with van der Waals surface area (Å²) in [6, 6.07) is 0. The van der Waals surface area contributed by atoms with Crippen LogP contribution in [0.1, 0.15) is 20.3 Å². The summed E-state index contributed by atoms with van der Waals surface area (Å²) < 4.78 is 0. The quantitative estimate of drug-likeness (QED) is 0.507. The second kappa shape index (κ2) is 2.75. The molecule has 0 aromatic rings. The molecule has 0 nitrogen and oxygen atoms in total. The van der Waals surface area contributed by atoms with Crippen molar-refractivity contribution < 1.29 is 0 Å². The fourth-order valence-electron chi connectivity index (χ4n) is 1.81. The van der Waals surface area contributed by atoms with Gasteiger partial charge in [-0.25, -0.2) is 0 Å². The molecule has 1 aliphatic rings. The summed E-state index contributed by atoms with van der Waals surface area (Å²) in [5.41, 5.74) is 3.18. The van der Waals surface area contributed by atoms with Crippen LogP contribution in [0.15, 0.2) is 22.4 Å². The van der Waals surface area contributed by atoms with E-state index in [0.29, 0.717) is 0 Å². The lowest BCUT2D eigenvalue weighted by atomic mass is 10.3. The second-order valence-electron chi connectivity index (χ2n) is 3.44. The fraction of sp³-hybridized carbons (Fsp3) is 0.556. The third kappa shape index (κ3) is 1.24. The van der Waals surface area contributed by atoms with Crippen LogP contribution in [-0.2, 0) is 0 Å². The summed E-state index contributed by atoms with van der Waals surface area (Å²) in [6.45, 7) is 9.33. The van der Waals surface area contributed by atoms with Crippen LogP contribution in [0.25, 0.3) is 0 Å². The molecule has 1 heteroatoms. The van der Waals surface area contributed by atoms with Crippen LogP contribution in [0.4, 0.5) is 0 Å². The molecule has 0 spiro atoms. The van der Waals surface area contributed by atoms with Gasteiger partial charge in [0.2, 0.25) is 0 Å². The molecule has 0 unspecified atom stereocenters. The molecule has 0 radical (unpaired) electrons. The first-order valence-corrected chi connectivity index (χ1v) is 6.88. The molecule has 0 aliphatic heterocycles. The van der Waals surface area contributed by atoms with Crippen molar-refractivity contribution >= 4 is 8.80 Å². The van der Waals surface area contributed by atoms with Gasteiger partial charge in [-0.2, -0.15) is 0 Å². The Morgan fingerprint density at radius 1 is 1.30 bits per heavy atom. The Labute approximate surface area is 65.3 Å². The lowest BCUT2D eigenvalue weighted by Gasteiger charge is -2.08. The highest BCUT2D eigenvalue weighted by molar-refractivity contribution is 6.65. The molecule has 1 aliphatic carbocycles. The summed E-state index contributed by atoms with van der Waals surface area (Å²) in [5.74, 6) is 0. The molecule has 0 aromatic carbocycles. The number of hydrogen-bond acceptors (Lipinski definition) is 0. The van der Waals surface area contributed by atoms with E-state index in [1.54, 1.807) is 16.3 Å². The van der Waals surface area contributed by atoms with Gasteiger partial charge in [-0.05, 0) is 20.3 Å². The molecule has 0 fully saturated rings. The molecule has 0 saturated carbocycles. The van der Waals surface area contributed by atoms with Gasteiger partial charge in [0.05, 0.1) is 8.80 Å². The Bertz CT molecular complexity index is 197. The molecular formula is C9H16Si. The average molecular weight is 152 g/mol. The first kappa shape index (κ1) is 7.80. The number of allylic oxidation sites excluding steroid dienone is 4. The van der Waals surface area contributed by atoms with E-state index >= 15 is 0 Å². The van der Waals surface area contributed by atoms with Gasteiger partial charge in [0.25, 0.3) is 0 Å². The minimum atomic E-state index is -0.527. The van der Waals surface area contributed by atoms with Crippen LogP contribution in [0.3, 0.4) is 0 Å². The van der Waals surface area contributed by atoms with E-state index in [0.717, 1.165) is 0 Å². The predicted molar refractivity (Wildman–Crippen MR) is 50.0 cm³/mol. The summed E-state index contributed by atoms with van der Waals surface area (Å²) >= 11 is 0. The van der Waals surface area contributed by atoms with Crippen LogP contribution < -0.4 is 0 Å². The summed E-state index contributed by atoms with van der Waals surface area (Å²) in [6.07, 6.45) is 3.57. The molecule has 0 N–H and O–H groups in total. The smallest absolute Gasteiger partial charge is 0.0650 e. The number of hydrogen-bond donors (Lipinski definition) is 0. The van der Waals surface area contributed by atoms with Crippen molar-refractivity contribution in [2.75, 3.05) is 0 Å². The molecular weight excluding hydrogens is 136 g/mol. The first-order chi connectivity index (χ1) is 4.63. The van der Waals surface area contributed by atoms with Crippen LogP contribution in [0.2, 0.25) is 13.1 Å². The molecule has 0 saturated heterocycles. The van der Waals surface area contributed by atoms with E-state index in [9.17, 15) is 0 Å². The van der Waals surface area contributed by atoms with Crippen molar-refractivity contribution in [3.05, 3.63) is 22.4 Å². The minimum absolute atomic E-state index is 0.527. The Morgan fingerprint density at radius 3 is 2.10 bits per heavy atom. The van der Waals surface area contributed by atoms with E-state index in [1.165, 1.54) is 6.42 Å². The van der Waals surface area contributed by atoms with E-state index in [-0.39, 0.29) is 0 Å². The van der Waals surface area contributed by atoms with Gasteiger partial charge >= 0.3 is 0 Å². The average Bonchev–Trinajstić information content (AvgIpc) is 2.11. The Hall–Kier alpha value is -0.303. The normalized spacial score (nSPS) is 18.7. The maximum absolute atomic E-state index is 2.40. The Morgan fingerprint density at radius 2 is 1.90 bits per heavy atom. The van der Waals surface area contributed by atoms with Gasteiger partial charge in [0.15, 0.2) is 0 Å². The predicted octanol–water partition coefficient (Wildman–Crippen LogP) is 2.68.